The average Bonchev–Trinajstić information content (AvgIpc) is 3.23. The molecule has 1 aromatic heterocycles. The van der Waals surface area contributed by atoms with E-state index in [1.54, 1.807) is 0 Å². The number of carbonyl (C=O) groups excluding carboxylic acids is 1. The Balaban J connectivity index is 1.34. The monoisotopic (exact) mass is 548 g/mol. The fourth-order valence-corrected chi connectivity index (χ4v) is 4.78. The molecular formula is C31H25BrN4O. The third-order valence-electron chi connectivity index (χ3n) is 6.56. The summed E-state index contributed by atoms with van der Waals surface area (Å²) in [6, 6.07) is 31.7. The van der Waals surface area contributed by atoms with E-state index < -0.39 is 0 Å². The van der Waals surface area contributed by atoms with Gasteiger partial charge in [0.25, 0.3) is 5.91 Å². The molecule has 4 aromatic carbocycles. The molecule has 1 atom stereocenters. The van der Waals surface area contributed by atoms with Gasteiger partial charge in [0.15, 0.2) is 0 Å². The molecule has 5 aromatic rings. The Morgan fingerprint density at radius 3 is 2.49 bits per heavy atom. The molecule has 6 heteroatoms. The van der Waals surface area contributed by atoms with Crippen molar-refractivity contribution in [1.29, 1.82) is 5.26 Å². The van der Waals surface area contributed by atoms with Gasteiger partial charge in [0.05, 0.1) is 35.4 Å². The highest BCUT2D eigenvalue weighted by Crippen LogP contribution is 2.25. The Hall–Kier alpha value is -4.21. The number of benzene rings is 4. The smallest absolute Gasteiger partial charge is 0.251 e. The number of carbonyl (C=O) groups is 1. The molecule has 5 nitrogen and oxygen atoms in total. The van der Waals surface area contributed by atoms with E-state index in [-0.39, 0.29) is 11.9 Å². The lowest BCUT2D eigenvalue weighted by Crippen LogP contribution is -2.26. The van der Waals surface area contributed by atoms with Crippen molar-refractivity contribution in [1.82, 2.24) is 15.1 Å². The predicted molar refractivity (Wildman–Crippen MR) is 150 cm³/mol. The molecule has 0 radical (unpaired) electrons. The third-order valence-corrected chi connectivity index (χ3v) is 7.09. The topological polar surface area (TPSA) is 70.7 Å². The van der Waals surface area contributed by atoms with Gasteiger partial charge in [0.1, 0.15) is 0 Å². The molecule has 182 valence electrons. The molecule has 1 amide bonds. The molecule has 0 spiro atoms. The zero-order valence-corrected chi connectivity index (χ0v) is 22.2. The maximum atomic E-state index is 13.0. The molecule has 0 fully saturated rings. The normalized spacial score (nSPS) is 11.7. The van der Waals surface area contributed by atoms with Crippen molar-refractivity contribution < 1.29 is 4.79 Å². The van der Waals surface area contributed by atoms with Crippen LogP contribution in [0.4, 0.5) is 0 Å². The highest BCUT2D eigenvalue weighted by Gasteiger charge is 2.15. The lowest BCUT2D eigenvalue weighted by molar-refractivity contribution is 0.0940. The van der Waals surface area contributed by atoms with Crippen LogP contribution in [-0.4, -0.2) is 15.7 Å². The van der Waals surface area contributed by atoms with E-state index in [1.807, 2.05) is 97.4 Å². The van der Waals surface area contributed by atoms with E-state index >= 15 is 0 Å². The van der Waals surface area contributed by atoms with E-state index in [1.165, 1.54) is 0 Å². The molecular weight excluding hydrogens is 524 g/mol. The molecule has 1 N–H and O–H groups in total. The van der Waals surface area contributed by atoms with Gasteiger partial charge in [-0.2, -0.15) is 10.4 Å². The standard InChI is InChI=1S/C31H25BrN4O/c1-20(23-11-14-27(32)15-12-23)34-31(37)25-13-16-30-29(17-25)21(2)35-36(30)19-22-7-9-24(10-8-22)28-6-4-3-5-26(28)18-33/h3-17,20H,19H2,1-2H3,(H,34,37)/t20-/m0/s1. The highest BCUT2D eigenvalue weighted by atomic mass is 79.9. The van der Waals surface area contributed by atoms with Gasteiger partial charge in [0, 0.05) is 15.4 Å². The van der Waals surface area contributed by atoms with Crippen LogP contribution in [0.2, 0.25) is 0 Å². The van der Waals surface area contributed by atoms with Gasteiger partial charge in [0.2, 0.25) is 0 Å². The van der Waals surface area contributed by atoms with Gasteiger partial charge < -0.3 is 5.32 Å². The Kier molecular flexibility index (Phi) is 6.89. The van der Waals surface area contributed by atoms with Crippen molar-refractivity contribution in [2.45, 2.75) is 26.4 Å². The van der Waals surface area contributed by atoms with Gasteiger partial charge in [-0.1, -0.05) is 70.5 Å². The molecule has 0 aliphatic rings. The van der Waals surface area contributed by atoms with Crippen LogP contribution in [0.25, 0.3) is 22.0 Å². The van der Waals surface area contributed by atoms with Gasteiger partial charge in [-0.3, -0.25) is 9.48 Å². The van der Waals surface area contributed by atoms with E-state index in [2.05, 4.69) is 39.4 Å². The Morgan fingerprint density at radius 2 is 1.76 bits per heavy atom. The number of aromatic nitrogens is 2. The quantitative estimate of drug-likeness (QED) is 0.244. The number of halogens is 1. The first-order chi connectivity index (χ1) is 17.9. The van der Waals surface area contributed by atoms with Crippen molar-refractivity contribution >= 4 is 32.7 Å². The Labute approximate surface area is 224 Å². The second-order valence-corrected chi connectivity index (χ2v) is 9.99. The number of amides is 1. The summed E-state index contributed by atoms with van der Waals surface area (Å²) in [5.74, 6) is -0.113. The minimum absolute atomic E-state index is 0.108. The average molecular weight is 549 g/mol. The van der Waals surface area contributed by atoms with Crippen molar-refractivity contribution in [3.63, 3.8) is 0 Å². The van der Waals surface area contributed by atoms with Crippen LogP contribution in [0.3, 0.4) is 0 Å². The summed E-state index contributed by atoms with van der Waals surface area (Å²) in [6.07, 6.45) is 0. The number of nitriles is 1. The maximum Gasteiger partial charge on any atom is 0.251 e. The number of nitrogens with one attached hydrogen (secondary N) is 1. The van der Waals surface area contributed by atoms with Crippen LogP contribution < -0.4 is 5.32 Å². The van der Waals surface area contributed by atoms with Crippen LogP contribution >= 0.6 is 15.9 Å². The molecule has 0 aliphatic carbocycles. The number of hydrogen-bond donors (Lipinski definition) is 1. The zero-order chi connectivity index (χ0) is 25.9. The summed E-state index contributed by atoms with van der Waals surface area (Å²) in [5, 5.41) is 18.2. The fourth-order valence-electron chi connectivity index (χ4n) is 4.51. The Morgan fingerprint density at radius 1 is 1.03 bits per heavy atom. The first kappa shape index (κ1) is 24.5. The van der Waals surface area contributed by atoms with Crippen LogP contribution in [0.1, 0.15) is 45.7 Å². The fraction of sp³-hybridized carbons (Fsp3) is 0.129. The molecule has 0 bridgehead atoms. The lowest BCUT2D eigenvalue weighted by Gasteiger charge is -2.14. The molecule has 0 saturated carbocycles. The number of hydrogen-bond acceptors (Lipinski definition) is 3. The lowest BCUT2D eigenvalue weighted by atomic mass is 9.99. The second-order valence-electron chi connectivity index (χ2n) is 9.08. The van der Waals surface area contributed by atoms with E-state index in [0.29, 0.717) is 17.7 Å². The van der Waals surface area contributed by atoms with Gasteiger partial charge in [-0.25, -0.2) is 0 Å². The first-order valence-corrected chi connectivity index (χ1v) is 12.8. The van der Waals surface area contributed by atoms with Crippen molar-refractivity contribution in [3.05, 3.63) is 123 Å². The molecule has 0 unspecified atom stereocenters. The van der Waals surface area contributed by atoms with E-state index in [9.17, 15) is 10.1 Å². The summed E-state index contributed by atoms with van der Waals surface area (Å²) < 4.78 is 2.97. The first-order valence-electron chi connectivity index (χ1n) is 12.0. The maximum absolute atomic E-state index is 13.0. The van der Waals surface area contributed by atoms with Crippen molar-refractivity contribution in [2.75, 3.05) is 0 Å². The minimum atomic E-state index is -0.113. The molecule has 0 aliphatic heterocycles. The Bertz CT molecular complexity index is 1630. The largest absolute Gasteiger partial charge is 0.346 e. The molecule has 37 heavy (non-hydrogen) atoms. The predicted octanol–water partition coefficient (Wildman–Crippen LogP) is 7.19. The number of nitrogens with zero attached hydrogens (tertiary/aromatic N) is 3. The van der Waals surface area contributed by atoms with Crippen LogP contribution in [-0.2, 0) is 6.54 Å². The summed E-state index contributed by atoms with van der Waals surface area (Å²) >= 11 is 3.45. The van der Waals surface area contributed by atoms with Crippen LogP contribution in [0.5, 0.6) is 0 Å². The second kappa shape index (κ2) is 10.4. The molecule has 5 rings (SSSR count). The van der Waals surface area contributed by atoms with Crippen LogP contribution in [0.15, 0.2) is 95.5 Å². The molecule has 1 heterocycles. The van der Waals surface area contributed by atoms with Gasteiger partial charge in [-0.05, 0) is 72.5 Å². The summed E-state index contributed by atoms with van der Waals surface area (Å²) in [5.41, 5.74) is 7.22. The number of fused-ring (bicyclic) bond motifs is 1. The van der Waals surface area contributed by atoms with Gasteiger partial charge >= 0.3 is 0 Å². The van der Waals surface area contributed by atoms with E-state index in [0.717, 1.165) is 43.3 Å². The SMILES string of the molecule is Cc1nn(Cc2ccc(-c3ccccc3C#N)cc2)c2ccc(C(=O)N[C@@H](C)c3ccc(Br)cc3)cc12. The van der Waals surface area contributed by atoms with Gasteiger partial charge in [-0.15, -0.1) is 0 Å². The minimum Gasteiger partial charge on any atom is -0.346 e. The number of rotatable bonds is 6. The zero-order valence-electron chi connectivity index (χ0n) is 20.6. The molecule has 0 saturated heterocycles. The highest BCUT2D eigenvalue weighted by molar-refractivity contribution is 9.10. The number of aryl methyl sites for hydroxylation is 1. The van der Waals surface area contributed by atoms with Crippen molar-refractivity contribution in [3.8, 4) is 17.2 Å². The summed E-state index contributed by atoms with van der Waals surface area (Å²) in [4.78, 5) is 13.0. The summed E-state index contributed by atoms with van der Waals surface area (Å²) in [7, 11) is 0. The van der Waals surface area contributed by atoms with E-state index in [4.69, 9.17) is 5.10 Å². The van der Waals surface area contributed by atoms with Crippen LogP contribution in [0, 0.1) is 18.3 Å². The van der Waals surface area contributed by atoms with Crippen molar-refractivity contribution in [2.24, 2.45) is 0 Å². The summed E-state index contributed by atoms with van der Waals surface area (Å²) in [6.45, 7) is 4.55. The third kappa shape index (κ3) is 5.18.